The maximum absolute atomic E-state index is 5.81. The fourth-order valence-corrected chi connectivity index (χ4v) is 1.85. The fourth-order valence-electron chi connectivity index (χ4n) is 1.85. The van der Waals surface area contributed by atoms with Gasteiger partial charge in [0, 0.05) is 12.1 Å². The maximum atomic E-state index is 5.81. The van der Waals surface area contributed by atoms with Gasteiger partial charge in [0.05, 0.1) is 12.7 Å². The SMILES string of the molecule is CCCC(C)OCc1ccc(CNC(C)(C)C)cc1. The third-order valence-corrected chi connectivity index (χ3v) is 3.08. The molecule has 0 heterocycles. The minimum absolute atomic E-state index is 0.164. The summed E-state index contributed by atoms with van der Waals surface area (Å²) in [5.41, 5.74) is 2.74. The average Bonchev–Trinajstić information content (AvgIpc) is 2.34. The zero-order valence-corrected chi connectivity index (χ0v) is 13.1. The number of hydrogen-bond donors (Lipinski definition) is 1. The van der Waals surface area contributed by atoms with Gasteiger partial charge in [0.25, 0.3) is 0 Å². The van der Waals surface area contributed by atoms with Crippen LogP contribution < -0.4 is 5.32 Å². The summed E-state index contributed by atoms with van der Waals surface area (Å²) < 4.78 is 5.81. The standard InChI is InChI=1S/C17H29NO/c1-6-7-14(2)19-13-16-10-8-15(9-11-16)12-18-17(3,4)5/h8-11,14,18H,6-7,12-13H2,1-5H3. The second-order valence-corrected chi connectivity index (χ2v) is 6.33. The number of rotatable bonds is 7. The third kappa shape index (κ3) is 7.34. The summed E-state index contributed by atoms with van der Waals surface area (Å²) in [6.07, 6.45) is 2.67. The van der Waals surface area contributed by atoms with Gasteiger partial charge in [0.2, 0.25) is 0 Å². The summed E-state index contributed by atoms with van der Waals surface area (Å²) in [5.74, 6) is 0. The molecular weight excluding hydrogens is 234 g/mol. The summed E-state index contributed by atoms with van der Waals surface area (Å²) in [4.78, 5) is 0. The third-order valence-electron chi connectivity index (χ3n) is 3.08. The number of nitrogens with one attached hydrogen (secondary N) is 1. The molecule has 19 heavy (non-hydrogen) atoms. The van der Waals surface area contributed by atoms with Gasteiger partial charge in [-0.1, -0.05) is 37.6 Å². The van der Waals surface area contributed by atoms with E-state index < -0.39 is 0 Å². The second-order valence-electron chi connectivity index (χ2n) is 6.33. The predicted octanol–water partition coefficient (Wildman–Crippen LogP) is 4.28. The monoisotopic (exact) mass is 263 g/mol. The Kier molecular flexibility index (Phi) is 6.53. The molecule has 0 bridgehead atoms. The van der Waals surface area contributed by atoms with Crippen LogP contribution in [0.2, 0.25) is 0 Å². The molecule has 1 rings (SSSR count). The molecule has 0 fully saturated rings. The summed E-state index contributed by atoms with van der Waals surface area (Å²) in [7, 11) is 0. The molecule has 0 radical (unpaired) electrons. The Morgan fingerprint density at radius 1 is 1.11 bits per heavy atom. The van der Waals surface area contributed by atoms with Crippen LogP contribution in [0.4, 0.5) is 0 Å². The number of ether oxygens (including phenoxy) is 1. The number of benzene rings is 1. The van der Waals surface area contributed by atoms with Gasteiger partial charge in [0.1, 0.15) is 0 Å². The first-order valence-electron chi connectivity index (χ1n) is 7.35. The summed E-state index contributed by atoms with van der Waals surface area (Å²) in [5, 5.41) is 3.49. The first-order valence-corrected chi connectivity index (χ1v) is 7.35. The molecule has 108 valence electrons. The van der Waals surface area contributed by atoms with Crippen molar-refractivity contribution < 1.29 is 4.74 Å². The van der Waals surface area contributed by atoms with Crippen molar-refractivity contribution in [2.24, 2.45) is 0 Å². The zero-order chi connectivity index (χ0) is 14.3. The molecule has 0 saturated heterocycles. The molecule has 0 spiro atoms. The maximum Gasteiger partial charge on any atom is 0.0720 e. The van der Waals surface area contributed by atoms with Gasteiger partial charge in [-0.05, 0) is 45.2 Å². The van der Waals surface area contributed by atoms with Gasteiger partial charge in [0.15, 0.2) is 0 Å². The summed E-state index contributed by atoms with van der Waals surface area (Å²) >= 11 is 0. The lowest BCUT2D eigenvalue weighted by atomic mass is 10.1. The predicted molar refractivity (Wildman–Crippen MR) is 82.2 cm³/mol. The second kappa shape index (κ2) is 7.66. The molecule has 1 N–H and O–H groups in total. The zero-order valence-electron chi connectivity index (χ0n) is 13.1. The van der Waals surface area contributed by atoms with Gasteiger partial charge in [-0.2, -0.15) is 0 Å². The lowest BCUT2D eigenvalue weighted by Crippen LogP contribution is -2.35. The lowest BCUT2D eigenvalue weighted by Gasteiger charge is -2.20. The first-order chi connectivity index (χ1) is 8.90. The minimum atomic E-state index is 0.164. The van der Waals surface area contributed by atoms with E-state index >= 15 is 0 Å². The molecule has 2 nitrogen and oxygen atoms in total. The summed E-state index contributed by atoms with van der Waals surface area (Å²) in [6, 6.07) is 8.69. The van der Waals surface area contributed by atoms with Crippen molar-refractivity contribution in [3.8, 4) is 0 Å². The molecule has 1 aromatic carbocycles. The van der Waals surface area contributed by atoms with Crippen LogP contribution in [0.3, 0.4) is 0 Å². The van der Waals surface area contributed by atoms with Crippen LogP contribution in [0.25, 0.3) is 0 Å². The van der Waals surface area contributed by atoms with Crippen molar-refractivity contribution in [1.82, 2.24) is 5.32 Å². The van der Waals surface area contributed by atoms with E-state index in [2.05, 4.69) is 64.2 Å². The highest BCUT2D eigenvalue weighted by Gasteiger charge is 2.08. The highest BCUT2D eigenvalue weighted by atomic mass is 16.5. The molecule has 0 saturated carbocycles. The fraction of sp³-hybridized carbons (Fsp3) is 0.647. The van der Waals surface area contributed by atoms with Gasteiger partial charge >= 0.3 is 0 Å². The molecule has 0 aliphatic carbocycles. The smallest absolute Gasteiger partial charge is 0.0720 e. The van der Waals surface area contributed by atoms with Gasteiger partial charge in [-0.3, -0.25) is 0 Å². The van der Waals surface area contributed by atoms with Crippen molar-refractivity contribution in [1.29, 1.82) is 0 Å². The van der Waals surface area contributed by atoms with Crippen LogP contribution in [0.5, 0.6) is 0 Å². The Balaban J connectivity index is 2.39. The highest BCUT2D eigenvalue weighted by molar-refractivity contribution is 5.22. The molecule has 2 heteroatoms. The lowest BCUT2D eigenvalue weighted by molar-refractivity contribution is 0.0472. The highest BCUT2D eigenvalue weighted by Crippen LogP contribution is 2.10. The Labute approximate surface area is 118 Å². The van der Waals surface area contributed by atoms with Crippen molar-refractivity contribution in [3.63, 3.8) is 0 Å². The molecule has 1 atom stereocenters. The topological polar surface area (TPSA) is 21.3 Å². The Morgan fingerprint density at radius 2 is 1.68 bits per heavy atom. The molecule has 0 aliphatic heterocycles. The quantitative estimate of drug-likeness (QED) is 0.793. The van der Waals surface area contributed by atoms with E-state index in [4.69, 9.17) is 4.74 Å². The average molecular weight is 263 g/mol. The van der Waals surface area contributed by atoms with Gasteiger partial charge < -0.3 is 10.1 Å². The normalized spacial score (nSPS) is 13.5. The van der Waals surface area contributed by atoms with Gasteiger partial charge in [-0.15, -0.1) is 0 Å². The molecular formula is C17H29NO. The molecule has 0 aliphatic rings. The van der Waals surface area contributed by atoms with Gasteiger partial charge in [-0.25, -0.2) is 0 Å². The van der Waals surface area contributed by atoms with Crippen LogP contribution in [0.1, 0.15) is 58.6 Å². The van der Waals surface area contributed by atoms with Crippen molar-refractivity contribution in [3.05, 3.63) is 35.4 Å². The van der Waals surface area contributed by atoms with E-state index in [0.717, 1.165) is 13.0 Å². The van der Waals surface area contributed by atoms with Crippen molar-refractivity contribution in [2.45, 2.75) is 72.3 Å². The van der Waals surface area contributed by atoms with Crippen LogP contribution in [-0.2, 0) is 17.9 Å². The molecule has 1 aromatic rings. The Hall–Kier alpha value is -0.860. The number of hydrogen-bond acceptors (Lipinski definition) is 2. The molecule has 0 aromatic heterocycles. The first kappa shape index (κ1) is 16.2. The van der Waals surface area contributed by atoms with Crippen LogP contribution >= 0.6 is 0 Å². The van der Waals surface area contributed by atoms with E-state index in [1.54, 1.807) is 0 Å². The van der Waals surface area contributed by atoms with Crippen molar-refractivity contribution >= 4 is 0 Å². The van der Waals surface area contributed by atoms with E-state index in [1.165, 1.54) is 17.5 Å². The van der Waals surface area contributed by atoms with Crippen molar-refractivity contribution in [2.75, 3.05) is 0 Å². The largest absolute Gasteiger partial charge is 0.374 e. The van der Waals surface area contributed by atoms with E-state index in [-0.39, 0.29) is 5.54 Å². The molecule has 0 amide bonds. The van der Waals surface area contributed by atoms with Crippen LogP contribution in [0, 0.1) is 0 Å². The van der Waals surface area contributed by atoms with Crippen LogP contribution in [0.15, 0.2) is 24.3 Å². The Bertz CT molecular complexity index is 351. The van der Waals surface area contributed by atoms with Crippen LogP contribution in [-0.4, -0.2) is 11.6 Å². The van der Waals surface area contributed by atoms with E-state index in [1.807, 2.05) is 0 Å². The molecule has 1 unspecified atom stereocenters. The minimum Gasteiger partial charge on any atom is -0.374 e. The van der Waals surface area contributed by atoms with E-state index in [0.29, 0.717) is 12.7 Å². The van der Waals surface area contributed by atoms with E-state index in [9.17, 15) is 0 Å². The summed E-state index contributed by atoms with van der Waals surface area (Å²) in [6.45, 7) is 12.5. The Morgan fingerprint density at radius 3 is 2.21 bits per heavy atom.